The Morgan fingerprint density at radius 1 is 1.10 bits per heavy atom. The summed E-state index contributed by atoms with van der Waals surface area (Å²) in [6.45, 7) is 5.06. The third kappa shape index (κ3) is 3.76. The minimum Gasteiger partial charge on any atom is -0.459 e. The van der Waals surface area contributed by atoms with Crippen molar-refractivity contribution in [3.63, 3.8) is 0 Å². The number of hydrogen-bond acceptors (Lipinski definition) is 5. The number of para-hydroxylation sites is 2. The number of aryl methyl sites for hydroxylation is 2. The van der Waals surface area contributed by atoms with Crippen LogP contribution in [-0.4, -0.2) is 23.5 Å². The molecule has 0 saturated heterocycles. The van der Waals surface area contributed by atoms with Crippen LogP contribution in [0.1, 0.15) is 40.3 Å². The lowest BCUT2D eigenvalue weighted by Crippen LogP contribution is -2.31. The van der Waals surface area contributed by atoms with Crippen LogP contribution in [0.4, 0.5) is 0 Å². The molecule has 0 spiro atoms. The number of nitrogens with one attached hydrogen (secondary N) is 1. The first-order valence-electron chi connectivity index (χ1n) is 9.75. The summed E-state index contributed by atoms with van der Waals surface area (Å²) in [6.07, 6.45) is 0. The lowest BCUT2D eigenvalue weighted by Gasteiger charge is -2.14. The molecule has 6 nitrogen and oxygen atoms in total. The van der Waals surface area contributed by atoms with E-state index in [-0.39, 0.29) is 12.6 Å². The van der Waals surface area contributed by atoms with Crippen LogP contribution < -0.4 is 5.32 Å². The highest BCUT2D eigenvalue weighted by Gasteiger charge is 2.20. The molecule has 0 bridgehead atoms. The van der Waals surface area contributed by atoms with Gasteiger partial charge in [0.1, 0.15) is 11.3 Å². The first-order chi connectivity index (χ1) is 14.4. The van der Waals surface area contributed by atoms with Gasteiger partial charge in [0, 0.05) is 10.8 Å². The molecule has 4 rings (SSSR count). The Balaban J connectivity index is 1.42. The van der Waals surface area contributed by atoms with Gasteiger partial charge in [0.05, 0.1) is 22.8 Å². The Kier molecular flexibility index (Phi) is 5.23. The summed E-state index contributed by atoms with van der Waals surface area (Å²) < 4.78 is 11.0. The molecule has 2 heterocycles. The van der Waals surface area contributed by atoms with Gasteiger partial charge in [0.15, 0.2) is 6.61 Å². The first kappa shape index (κ1) is 19.6. The number of aromatic nitrogens is 1. The predicted molar refractivity (Wildman–Crippen MR) is 114 cm³/mol. The van der Waals surface area contributed by atoms with Crippen LogP contribution in [0, 0.1) is 13.8 Å². The Hall–Kier alpha value is -3.67. The number of nitrogens with zero attached hydrogens (tertiary/aromatic N) is 1. The van der Waals surface area contributed by atoms with E-state index in [9.17, 15) is 9.59 Å². The summed E-state index contributed by atoms with van der Waals surface area (Å²) in [6, 6.07) is 16.8. The van der Waals surface area contributed by atoms with Crippen molar-refractivity contribution in [3.8, 4) is 0 Å². The monoisotopic (exact) mass is 402 g/mol. The normalized spacial score (nSPS) is 12.1. The molecule has 2 aromatic heterocycles. The Morgan fingerprint density at radius 3 is 2.63 bits per heavy atom. The van der Waals surface area contributed by atoms with E-state index < -0.39 is 11.9 Å². The van der Waals surface area contributed by atoms with Crippen molar-refractivity contribution in [2.24, 2.45) is 0 Å². The lowest BCUT2D eigenvalue weighted by atomic mass is 10.0. The van der Waals surface area contributed by atoms with E-state index in [2.05, 4.69) is 10.3 Å². The highest BCUT2D eigenvalue weighted by atomic mass is 16.5. The summed E-state index contributed by atoms with van der Waals surface area (Å²) in [5.41, 5.74) is 3.34. The van der Waals surface area contributed by atoms with E-state index in [1.54, 1.807) is 6.92 Å². The number of carbonyl (C=O) groups is 2. The quantitative estimate of drug-likeness (QED) is 0.492. The van der Waals surface area contributed by atoms with Crippen LogP contribution in [0.2, 0.25) is 0 Å². The van der Waals surface area contributed by atoms with Gasteiger partial charge in [-0.1, -0.05) is 36.4 Å². The number of benzene rings is 2. The number of pyridine rings is 1. The number of carbonyl (C=O) groups excluding carboxylic acids is 2. The van der Waals surface area contributed by atoms with E-state index in [1.165, 1.54) is 0 Å². The molecule has 0 aliphatic rings. The minimum atomic E-state index is -0.560. The molecule has 1 atom stereocenters. The van der Waals surface area contributed by atoms with E-state index in [0.717, 1.165) is 27.4 Å². The maximum atomic E-state index is 12.6. The topological polar surface area (TPSA) is 81.4 Å². The molecule has 6 heteroatoms. The SMILES string of the molecule is Cc1nc2ccccc2c(C)c1C(=O)OCC(=O)N[C@@H](C)c1cc2ccccc2o1. The van der Waals surface area contributed by atoms with Gasteiger partial charge in [-0.05, 0) is 44.5 Å². The molecule has 0 radical (unpaired) electrons. The van der Waals surface area contributed by atoms with Crippen molar-refractivity contribution < 1.29 is 18.7 Å². The highest BCUT2D eigenvalue weighted by Crippen LogP contribution is 2.24. The molecule has 0 fully saturated rings. The van der Waals surface area contributed by atoms with Gasteiger partial charge in [-0.2, -0.15) is 0 Å². The molecule has 2 aromatic carbocycles. The third-order valence-electron chi connectivity index (χ3n) is 5.12. The summed E-state index contributed by atoms with van der Waals surface area (Å²) in [5, 5.41) is 4.65. The Labute approximate surface area is 173 Å². The molecule has 152 valence electrons. The minimum absolute atomic E-state index is 0.352. The molecular formula is C24H22N2O4. The average Bonchev–Trinajstić information content (AvgIpc) is 3.17. The number of esters is 1. The average molecular weight is 402 g/mol. The summed E-state index contributed by atoms with van der Waals surface area (Å²) >= 11 is 0. The molecule has 0 aliphatic carbocycles. The van der Waals surface area contributed by atoms with Crippen molar-refractivity contribution in [2.45, 2.75) is 26.8 Å². The van der Waals surface area contributed by atoms with Gasteiger partial charge in [-0.15, -0.1) is 0 Å². The molecule has 4 aromatic rings. The number of ether oxygens (including phenoxy) is 1. The van der Waals surface area contributed by atoms with Crippen molar-refractivity contribution in [2.75, 3.05) is 6.61 Å². The molecule has 0 aliphatic heterocycles. The Morgan fingerprint density at radius 2 is 1.83 bits per heavy atom. The second-order valence-electron chi connectivity index (χ2n) is 7.27. The van der Waals surface area contributed by atoms with Crippen molar-refractivity contribution >= 4 is 33.7 Å². The van der Waals surface area contributed by atoms with Crippen molar-refractivity contribution in [1.29, 1.82) is 0 Å². The first-order valence-corrected chi connectivity index (χ1v) is 9.75. The number of rotatable bonds is 5. The maximum absolute atomic E-state index is 12.6. The number of hydrogen-bond donors (Lipinski definition) is 1. The van der Waals surface area contributed by atoms with Crippen LogP contribution in [0.3, 0.4) is 0 Å². The van der Waals surface area contributed by atoms with Gasteiger partial charge in [-0.25, -0.2) is 4.79 Å². The second kappa shape index (κ2) is 7.99. The Bertz CT molecular complexity index is 1230. The molecule has 30 heavy (non-hydrogen) atoms. The lowest BCUT2D eigenvalue weighted by molar-refractivity contribution is -0.125. The van der Waals surface area contributed by atoms with Gasteiger partial charge in [0.2, 0.25) is 0 Å². The summed E-state index contributed by atoms with van der Waals surface area (Å²) in [4.78, 5) is 29.4. The summed E-state index contributed by atoms with van der Waals surface area (Å²) in [5.74, 6) is -0.323. The van der Waals surface area contributed by atoms with Crippen LogP contribution in [0.25, 0.3) is 21.9 Å². The van der Waals surface area contributed by atoms with Crippen molar-refractivity contribution in [3.05, 3.63) is 77.2 Å². The van der Waals surface area contributed by atoms with Crippen LogP contribution in [-0.2, 0) is 9.53 Å². The predicted octanol–water partition coefficient (Wildman–Crippen LogP) is 4.63. The zero-order valence-electron chi connectivity index (χ0n) is 17.1. The van der Waals surface area contributed by atoms with Crippen LogP contribution in [0.15, 0.2) is 59.0 Å². The standard InChI is InChI=1S/C24H22N2O4/c1-14-18-9-5-6-10-19(18)25-16(3)23(14)24(28)29-13-22(27)26-15(2)21-12-17-8-4-7-11-20(17)30-21/h4-12,15H,13H2,1-3H3,(H,26,27)/t15-/m0/s1. The van der Waals surface area contributed by atoms with E-state index >= 15 is 0 Å². The maximum Gasteiger partial charge on any atom is 0.340 e. The third-order valence-corrected chi connectivity index (χ3v) is 5.12. The fraction of sp³-hybridized carbons (Fsp3) is 0.208. The molecule has 0 unspecified atom stereocenters. The van der Waals surface area contributed by atoms with E-state index in [1.807, 2.05) is 68.4 Å². The number of fused-ring (bicyclic) bond motifs is 2. The van der Waals surface area contributed by atoms with Gasteiger partial charge >= 0.3 is 5.97 Å². The van der Waals surface area contributed by atoms with E-state index in [4.69, 9.17) is 9.15 Å². The highest BCUT2D eigenvalue weighted by molar-refractivity contribution is 5.99. The largest absolute Gasteiger partial charge is 0.459 e. The second-order valence-corrected chi connectivity index (χ2v) is 7.27. The van der Waals surface area contributed by atoms with Gasteiger partial charge in [-0.3, -0.25) is 9.78 Å². The fourth-order valence-electron chi connectivity index (χ4n) is 3.60. The molecule has 1 N–H and O–H groups in total. The fourth-order valence-corrected chi connectivity index (χ4v) is 3.60. The zero-order chi connectivity index (χ0) is 21.3. The summed E-state index contributed by atoms with van der Waals surface area (Å²) in [7, 11) is 0. The van der Waals surface area contributed by atoms with Crippen LogP contribution >= 0.6 is 0 Å². The zero-order valence-corrected chi connectivity index (χ0v) is 17.1. The van der Waals surface area contributed by atoms with E-state index in [0.29, 0.717) is 17.0 Å². The molecule has 0 saturated carbocycles. The number of amides is 1. The number of furan rings is 1. The van der Waals surface area contributed by atoms with Gasteiger partial charge < -0.3 is 14.5 Å². The van der Waals surface area contributed by atoms with Gasteiger partial charge in [0.25, 0.3) is 5.91 Å². The van der Waals surface area contributed by atoms with Crippen LogP contribution in [0.5, 0.6) is 0 Å². The van der Waals surface area contributed by atoms with Crippen molar-refractivity contribution in [1.82, 2.24) is 10.3 Å². The molecular weight excluding hydrogens is 380 g/mol. The smallest absolute Gasteiger partial charge is 0.340 e. The molecule has 1 amide bonds.